The van der Waals surface area contributed by atoms with E-state index in [9.17, 15) is 18.8 Å². The van der Waals surface area contributed by atoms with E-state index in [0.717, 1.165) is 0 Å². The van der Waals surface area contributed by atoms with Gasteiger partial charge in [0.05, 0.1) is 12.2 Å². The molecule has 29 heavy (non-hydrogen) atoms. The minimum absolute atomic E-state index is 0.0230. The van der Waals surface area contributed by atoms with Crippen LogP contribution in [0.5, 0.6) is 0 Å². The molecule has 1 aliphatic rings. The first-order valence-electron chi connectivity index (χ1n) is 8.48. The van der Waals surface area contributed by atoms with Gasteiger partial charge in [0, 0.05) is 16.3 Å². The van der Waals surface area contributed by atoms with Crippen LogP contribution in [0.15, 0.2) is 47.5 Å². The van der Waals surface area contributed by atoms with Gasteiger partial charge in [-0.3, -0.25) is 24.7 Å². The third kappa shape index (κ3) is 3.85. The number of carbonyl (C=O) groups is 3. The minimum atomic E-state index is -1.56. The van der Waals surface area contributed by atoms with Crippen LogP contribution in [-0.2, 0) is 15.1 Å². The van der Waals surface area contributed by atoms with Crippen LogP contribution in [-0.4, -0.2) is 37.1 Å². The van der Waals surface area contributed by atoms with Gasteiger partial charge in [0.2, 0.25) is 5.91 Å². The van der Waals surface area contributed by atoms with E-state index in [2.05, 4.69) is 20.9 Å². The number of aliphatic imine (C=N–C) groups is 1. The molecular formula is C19H17FIN5O3. The third-order valence-corrected chi connectivity index (χ3v) is 5.39. The van der Waals surface area contributed by atoms with Gasteiger partial charge in [-0.25, -0.2) is 4.39 Å². The molecule has 0 fully saturated rings. The topological polar surface area (TPSA) is 126 Å². The number of halogens is 2. The Bertz CT molecular complexity index is 1030. The van der Waals surface area contributed by atoms with Crippen molar-refractivity contribution in [3.63, 3.8) is 0 Å². The van der Waals surface area contributed by atoms with Crippen LogP contribution in [0.1, 0.15) is 15.9 Å². The van der Waals surface area contributed by atoms with Crippen molar-refractivity contribution in [2.24, 2.45) is 10.7 Å². The smallest absolute Gasteiger partial charge is 0.267 e. The van der Waals surface area contributed by atoms with Gasteiger partial charge in [-0.1, -0.05) is 12.1 Å². The summed E-state index contributed by atoms with van der Waals surface area (Å²) < 4.78 is 13.7. The molecule has 10 heteroatoms. The molecule has 8 nitrogen and oxygen atoms in total. The van der Waals surface area contributed by atoms with E-state index in [1.54, 1.807) is 24.3 Å². The van der Waals surface area contributed by atoms with Crippen LogP contribution in [0.3, 0.4) is 0 Å². The van der Waals surface area contributed by atoms with Gasteiger partial charge in [0.25, 0.3) is 11.8 Å². The molecule has 0 radical (unpaired) electrons. The number of benzene rings is 2. The zero-order valence-electron chi connectivity index (χ0n) is 15.3. The van der Waals surface area contributed by atoms with Gasteiger partial charge in [-0.05, 0) is 58.5 Å². The minimum Gasteiger partial charge on any atom is -0.367 e. The third-order valence-electron chi connectivity index (χ3n) is 4.50. The number of primary amides is 1. The van der Waals surface area contributed by atoms with Crippen LogP contribution in [0.2, 0.25) is 0 Å². The SMILES string of the molecule is CNC(=O)C1=NCNC1(C(N)=O)c1ccc(NC(=O)c2ccc(F)cc2I)cc1. The van der Waals surface area contributed by atoms with Crippen molar-refractivity contribution in [2.45, 2.75) is 5.54 Å². The van der Waals surface area contributed by atoms with Crippen molar-refractivity contribution in [3.05, 3.63) is 63.0 Å². The van der Waals surface area contributed by atoms with Gasteiger partial charge in [0.1, 0.15) is 11.5 Å². The molecule has 0 saturated heterocycles. The Morgan fingerprint density at radius 2 is 1.86 bits per heavy atom. The standard InChI is InChI=1S/C19H17FIN5O3/c1-23-17(28)15-19(18(22)29,25-9-24-15)10-2-5-12(6-3-10)26-16(27)13-7-4-11(20)8-14(13)21/h2-8,25H,9H2,1H3,(H2,22,29)(H,23,28)(H,26,27). The first kappa shape index (κ1) is 20.9. The Morgan fingerprint density at radius 1 is 1.17 bits per heavy atom. The lowest BCUT2D eigenvalue weighted by Crippen LogP contribution is -2.58. The van der Waals surface area contributed by atoms with Crippen LogP contribution in [0, 0.1) is 9.39 Å². The molecule has 5 N–H and O–H groups in total. The number of nitrogens with zero attached hydrogens (tertiary/aromatic N) is 1. The highest BCUT2D eigenvalue weighted by Crippen LogP contribution is 2.28. The lowest BCUT2D eigenvalue weighted by molar-refractivity contribution is -0.123. The predicted octanol–water partition coefficient (Wildman–Crippen LogP) is 1.11. The molecular weight excluding hydrogens is 492 g/mol. The van der Waals surface area contributed by atoms with Crippen LogP contribution in [0.4, 0.5) is 10.1 Å². The highest BCUT2D eigenvalue weighted by Gasteiger charge is 2.49. The summed E-state index contributed by atoms with van der Waals surface area (Å²) in [5.41, 5.74) is 5.22. The molecule has 0 spiro atoms. The predicted molar refractivity (Wildman–Crippen MR) is 114 cm³/mol. The number of anilines is 1. The van der Waals surface area contributed by atoms with E-state index >= 15 is 0 Å². The molecule has 0 aromatic heterocycles. The van der Waals surface area contributed by atoms with Crippen LogP contribution in [0.25, 0.3) is 0 Å². The van der Waals surface area contributed by atoms with Gasteiger partial charge in [-0.2, -0.15) is 0 Å². The Kier molecular flexibility index (Phi) is 5.94. The number of amides is 3. The molecule has 150 valence electrons. The molecule has 1 heterocycles. The fourth-order valence-corrected chi connectivity index (χ4v) is 3.78. The molecule has 1 atom stereocenters. The van der Waals surface area contributed by atoms with Crippen LogP contribution >= 0.6 is 22.6 Å². The van der Waals surface area contributed by atoms with Crippen LogP contribution < -0.4 is 21.7 Å². The van der Waals surface area contributed by atoms with Gasteiger partial charge in [-0.15, -0.1) is 0 Å². The molecule has 1 unspecified atom stereocenters. The Hall–Kier alpha value is -2.86. The molecule has 0 bridgehead atoms. The molecule has 3 amide bonds. The normalized spacial score (nSPS) is 18.1. The fraction of sp³-hybridized carbons (Fsp3) is 0.158. The van der Waals surface area contributed by atoms with E-state index in [-0.39, 0.29) is 12.4 Å². The second-order valence-electron chi connectivity index (χ2n) is 6.19. The van der Waals surface area contributed by atoms with E-state index in [4.69, 9.17) is 5.73 Å². The zero-order valence-corrected chi connectivity index (χ0v) is 17.4. The molecule has 1 aliphatic heterocycles. The number of hydrogen-bond acceptors (Lipinski definition) is 5. The first-order valence-corrected chi connectivity index (χ1v) is 9.56. The Labute approximate surface area is 179 Å². The lowest BCUT2D eigenvalue weighted by atomic mass is 9.84. The van der Waals surface area contributed by atoms with Gasteiger partial charge >= 0.3 is 0 Å². The summed E-state index contributed by atoms with van der Waals surface area (Å²) in [6, 6.07) is 10.2. The maximum absolute atomic E-state index is 13.2. The average molecular weight is 509 g/mol. The number of rotatable bonds is 5. The van der Waals surface area contributed by atoms with E-state index in [1.165, 1.54) is 25.2 Å². The molecule has 0 saturated carbocycles. The number of nitrogens with two attached hydrogens (primary N) is 1. The molecule has 2 aromatic rings. The summed E-state index contributed by atoms with van der Waals surface area (Å²) in [6.45, 7) is 0.0627. The maximum atomic E-state index is 13.2. The van der Waals surface area contributed by atoms with Gasteiger partial charge in [0.15, 0.2) is 5.54 Å². The van der Waals surface area contributed by atoms with Crippen molar-refractivity contribution in [3.8, 4) is 0 Å². The highest BCUT2D eigenvalue weighted by molar-refractivity contribution is 14.1. The highest BCUT2D eigenvalue weighted by atomic mass is 127. The van der Waals surface area contributed by atoms with Crippen molar-refractivity contribution in [1.29, 1.82) is 0 Å². The summed E-state index contributed by atoms with van der Waals surface area (Å²) in [5, 5.41) is 8.05. The second-order valence-corrected chi connectivity index (χ2v) is 7.35. The second kappa shape index (κ2) is 8.25. The lowest BCUT2D eigenvalue weighted by Gasteiger charge is -2.27. The zero-order chi connectivity index (χ0) is 21.2. The van der Waals surface area contributed by atoms with Crippen molar-refractivity contribution < 1.29 is 18.8 Å². The van der Waals surface area contributed by atoms with Crippen molar-refractivity contribution >= 4 is 51.7 Å². The molecule has 2 aromatic carbocycles. The van der Waals surface area contributed by atoms with Gasteiger partial charge < -0.3 is 16.4 Å². The number of carbonyl (C=O) groups excluding carboxylic acids is 3. The summed E-state index contributed by atoms with van der Waals surface area (Å²) >= 11 is 1.88. The van der Waals surface area contributed by atoms with E-state index in [1.807, 2.05) is 22.6 Å². The Balaban J connectivity index is 1.87. The maximum Gasteiger partial charge on any atom is 0.267 e. The quantitative estimate of drug-likeness (QED) is 0.451. The summed E-state index contributed by atoms with van der Waals surface area (Å²) in [5.74, 6) is -2.12. The molecule has 0 aliphatic carbocycles. The summed E-state index contributed by atoms with van der Waals surface area (Å²) in [4.78, 5) is 40.9. The number of nitrogens with one attached hydrogen (secondary N) is 3. The first-order chi connectivity index (χ1) is 13.8. The van der Waals surface area contributed by atoms with E-state index in [0.29, 0.717) is 20.4 Å². The van der Waals surface area contributed by atoms with Crippen molar-refractivity contribution in [2.75, 3.05) is 19.0 Å². The summed E-state index contributed by atoms with van der Waals surface area (Å²) in [6.07, 6.45) is 0. The fourth-order valence-electron chi connectivity index (χ4n) is 3.06. The largest absolute Gasteiger partial charge is 0.367 e. The Morgan fingerprint density at radius 3 is 2.45 bits per heavy atom. The van der Waals surface area contributed by atoms with E-state index < -0.39 is 29.1 Å². The molecule has 3 rings (SSSR count). The number of hydrogen-bond donors (Lipinski definition) is 4. The summed E-state index contributed by atoms with van der Waals surface area (Å²) in [7, 11) is 1.43. The monoisotopic (exact) mass is 509 g/mol. The van der Waals surface area contributed by atoms with Crippen molar-refractivity contribution in [1.82, 2.24) is 10.6 Å². The average Bonchev–Trinajstić information content (AvgIpc) is 3.14.